The van der Waals surface area contributed by atoms with Crippen LogP contribution in [0.2, 0.25) is 4.34 Å². The number of anilines is 1. The maximum absolute atomic E-state index is 5.98. The number of thiophene rings is 1. The monoisotopic (exact) mass is 309 g/mol. The van der Waals surface area contributed by atoms with Crippen LogP contribution in [0.25, 0.3) is 0 Å². The number of hydrogen-bond acceptors (Lipinski definition) is 3. The zero-order valence-corrected chi connectivity index (χ0v) is 13.1. The molecule has 1 aromatic carbocycles. The van der Waals surface area contributed by atoms with E-state index in [1.165, 1.54) is 10.5 Å². The van der Waals surface area contributed by atoms with Crippen molar-refractivity contribution in [3.63, 3.8) is 0 Å². The summed E-state index contributed by atoms with van der Waals surface area (Å²) in [5, 5.41) is 5.64. The third-order valence-electron chi connectivity index (χ3n) is 2.70. The zero-order valence-electron chi connectivity index (χ0n) is 10.7. The highest BCUT2D eigenvalue weighted by Gasteiger charge is 2.09. The number of para-hydroxylation sites is 1. The molecule has 0 aliphatic heterocycles. The molecule has 0 aliphatic rings. The number of nitrogens with one attached hydrogen (secondary N) is 1. The summed E-state index contributed by atoms with van der Waals surface area (Å²) in [6, 6.07) is 10.6. The minimum atomic E-state index is 0.245. The van der Waals surface area contributed by atoms with Crippen molar-refractivity contribution < 1.29 is 0 Å². The van der Waals surface area contributed by atoms with E-state index in [0.717, 1.165) is 15.8 Å². The van der Waals surface area contributed by atoms with Crippen molar-refractivity contribution in [2.75, 3.05) is 11.1 Å². The smallest absolute Gasteiger partial charge is 0.0931 e. The van der Waals surface area contributed by atoms with E-state index in [0.29, 0.717) is 0 Å². The van der Waals surface area contributed by atoms with E-state index >= 15 is 0 Å². The molecule has 1 nitrogen and oxygen atoms in total. The van der Waals surface area contributed by atoms with Crippen molar-refractivity contribution >= 4 is 40.4 Å². The highest BCUT2D eigenvalue weighted by molar-refractivity contribution is 7.99. The Balaban J connectivity index is 2.11. The third kappa shape index (κ3) is 4.03. The minimum Gasteiger partial charge on any atom is -0.378 e. The van der Waals surface area contributed by atoms with Crippen molar-refractivity contribution in [1.82, 2.24) is 0 Å². The molecule has 1 atom stereocenters. The Morgan fingerprint density at radius 3 is 2.95 bits per heavy atom. The summed E-state index contributed by atoms with van der Waals surface area (Å²) in [7, 11) is 0. The first kappa shape index (κ1) is 14.5. The first-order chi connectivity index (χ1) is 9.20. The Bertz CT molecular complexity index is 551. The standard InChI is InChI=1S/C15H16ClNS2/c1-3-8-18-14-7-5-4-6-13(14)17-11(2)12-9-15(16)19-10-12/h3-7,9-11,17H,1,8H2,2H3. The van der Waals surface area contributed by atoms with Crippen LogP contribution in [-0.4, -0.2) is 5.75 Å². The van der Waals surface area contributed by atoms with Gasteiger partial charge in [-0.3, -0.25) is 0 Å². The molecule has 0 saturated carbocycles. The summed E-state index contributed by atoms with van der Waals surface area (Å²) in [4.78, 5) is 1.25. The van der Waals surface area contributed by atoms with Crippen LogP contribution in [0.1, 0.15) is 18.5 Å². The zero-order chi connectivity index (χ0) is 13.7. The van der Waals surface area contributed by atoms with Crippen LogP contribution in [0.3, 0.4) is 0 Å². The molecule has 0 radical (unpaired) electrons. The summed E-state index contributed by atoms with van der Waals surface area (Å²) >= 11 is 9.34. The minimum absolute atomic E-state index is 0.245. The number of rotatable bonds is 6. The maximum atomic E-state index is 5.98. The molecule has 0 aliphatic carbocycles. The summed E-state index contributed by atoms with van der Waals surface area (Å²) in [5.74, 6) is 0.914. The lowest BCUT2D eigenvalue weighted by Gasteiger charge is -2.16. The van der Waals surface area contributed by atoms with E-state index in [2.05, 4.69) is 42.4 Å². The molecule has 0 fully saturated rings. The van der Waals surface area contributed by atoms with Crippen LogP contribution in [0.5, 0.6) is 0 Å². The van der Waals surface area contributed by atoms with Gasteiger partial charge in [0.2, 0.25) is 0 Å². The fraction of sp³-hybridized carbons (Fsp3) is 0.200. The summed E-state index contributed by atoms with van der Waals surface area (Å²) < 4.78 is 0.831. The van der Waals surface area contributed by atoms with E-state index < -0.39 is 0 Å². The van der Waals surface area contributed by atoms with Crippen molar-refractivity contribution in [1.29, 1.82) is 0 Å². The van der Waals surface area contributed by atoms with Gasteiger partial charge < -0.3 is 5.32 Å². The fourth-order valence-electron chi connectivity index (χ4n) is 1.73. The largest absolute Gasteiger partial charge is 0.378 e. The highest BCUT2D eigenvalue weighted by atomic mass is 35.5. The molecular weight excluding hydrogens is 294 g/mol. The van der Waals surface area contributed by atoms with Crippen molar-refractivity contribution in [3.8, 4) is 0 Å². The Kier molecular flexibility index (Phi) is 5.37. The maximum Gasteiger partial charge on any atom is 0.0931 e. The molecular formula is C15H16ClNS2. The Morgan fingerprint density at radius 2 is 2.26 bits per heavy atom. The molecule has 0 amide bonds. The summed E-state index contributed by atoms with van der Waals surface area (Å²) in [5.41, 5.74) is 2.38. The number of benzene rings is 1. The quantitative estimate of drug-likeness (QED) is 0.530. The molecule has 0 saturated heterocycles. The van der Waals surface area contributed by atoms with E-state index in [1.807, 2.05) is 18.2 Å². The van der Waals surface area contributed by atoms with Crippen LogP contribution in [0.15, 0.2) is 53.3 Å². The predicted molar refractivity (Wildman–Crippen MR) is 88.7 cm³/mol. The van der Waals surface area contributed by atoms with E-state index in [-0.39, 0.29) is 6.04 Å². The van der Waals surface area contributed by atoms with Gasteiger partial charge in [-0.2, -0.15) is 0 Å². The second-order valence-corrected chi connectivity index (χ2v) is 6.75. The second-order valence-electron chi connectivity index (χ2n) is 4.15. The van der Waals surface area contributed by atoms with Gasteiger partial charge in [-0.25, -0.2) is 0 Å². The second kappa shape index (κ2) is 7.04. The average molecular weight is 310 g/mol. The van der Waals surface area contributed by atoms with Gasteiger partial charge in [0.15, 0.2) is 0 Å². The lowest BCUT2D eigenvalue weighted by molar-refractivity contribution is 0.885. The Labute approximate surface area is 127 Å². The molecule has 0 spiro atoms. The predicted octanol–water partition coefficient (Wildman–Crippen LogP) is 5.85. The number of halogens is 1. The van der Waals surface area contributed by atoms with Crippen LogP contribution in [0.4, 0.5) is 5.69 Å². The molecule has 100 valence electrons. The molecule has 19 heavy (non-hydrogen) atoms. The fourth-order valence-corrected chi connectivity index (χ4v) is 3.47. The van der Waals surface area contributed by atoms with Crippen molar-refractivity contribution in [3.05, 3.63) is 58.3 Å². The van der Waals surface area contributed by atoms with Crippen molar-refractivity contribution in [2.45, 2.75) is 17.9 Å². The Morgan fingerprint density at radius 1 is 1.47 bits per heavy atom. The summed E-state index contributed by atoms with van der Waals surface area (Å²) in [6.07, 6.45) is 1.92. The van der Waals surface area contributed by atoms with Gasteiger partial charge in [-0.1, -0.05) is 29.8 Å². The molecule has 1 unspecified atom stereocenters. The van der Waals surface area contributed by atoms with E-state index in [9.17, 15) is 0 Å². The lowest BCUT2D eigenvalue weighted by atomic mass is 10.1. The first-order valence-electron chi connectivity index (χ1n) is 6.04. The van der Waals surface area contributed by atoms with Crippen molar-refractivity contribution in [2.24, 2.45) is 0 Å². The number of hydrogen-bond donors (Lipinski definition) is 1. The SMILES string of the molecule is C=CCSc1ccccc1NC(C)c1csc(Cl)c1. The molecule has 1 N–H and O–H groups in total. The molecule has 2 aromatic rings. The topological polar surface area (TPSA) is 12.0 Å². The van der Waals surface area contributed by atoms with Gasteiger partial charge in [0.05, 0.1) is 4.34 Å². The average Bonchev–Trinajstić information content (AvgIpc) is 2.84. The van der Waals surface area contributed by atoms with Gasteiger partial charge in [0.1, 0.15) is 0 Å². The first-order valence-corrected chi connectivity index (χ1v) is 8.28. The van der Waals surface area contributed by atoms with Crippen LogP contribution in [-0.2, 0) is 0 Å². The number of thioether (sulfide) groups is 1. The molecule has 2 rings (SSSR count). The normalized spacial score (nSPS) is 12.1. The van der Waals surface area contributed by atoms with E-state index in [1.54, 1.807) is 23.1 Å². The lowest BCUT2D eigenvalue weighted by Crippen LogP contribution is -2.06. The molecule has 1 heterocycles. The van der Waals surface area contributed by atoms with Gasteiger partial charge in [0, 0.05) is 22.4 Å². The van der Waals surface area contributed by atoms with E-state index in [4.69, 9.17) is 11.6 Å². The van der Waals surface area contributed by atoms with Gasteiger partial charge in [-0.05, 0) is 36.1 Å². The van der Waals surface area contributed by atoms with Crippen LogP contribution < -0.4 is 5.32 Å². The third-order valence-corrected chi connectivity index (χ3v) is 4.88. The van der Waals surface area contributed by atoms with Crippen LogP contribution in [0, 0.1) is 0 Å². The highest BCUT2D eigenvalue weighted by Crippen LogP contribution is 2.31. The molecule has 4 heteroatoms. The van der Waals surface area contributed by atoms with Gasteiger partial charge in [0.25, 0.3) is 0 Å². The van der Waals surface area contributed by atoms with Crippen LogP contribution >= 0.6 is 34.7 Å². The molecule has 1 aromatic heterocycles. The molecule has 0 bridgehead atoms. The summed E-state index contributed by atoms with van der Waals surface area (Å²) in [6.45, 7) is 5.91. The van der Waals surface area contributed by atoms with Gasteiger partial charge in [-0.15, -0.1) is 29.7 Å². The van der Waals surface area contributed by atoms with Gasteiger partial charge >= 0.3 is 0 Å². The Hall–Kier alpha value is -0.900.